The number of hydrogen-bond acceptors (Lipinski definition) is 3. The average Bonchev–Trinajstić information content (AvgIpc) is 2.64. The normalized spacial score (nSPS) is 17.4. The minimum atomic E-state index is -0.886. The minimum Gasteiger partial charge on any atom is -0.473 e. The van der Waals surface area contributed by atoms with Gasteiger partial charge in [-0.15, -0.1) is 0 Å². The van der Waals surface area contributed by atoms with Crippen LogP contribution < -0.4 is 4.90 Å². The second-order valence-electron chi connectivity index (χ2n) is 5.83. The number of rotatable bonds is 4. The van der Waals surface area contributed by atoms with E-state index in [9.17, 15) is 22.4 Å². The molecule has 0 aromatic heterocycles. The predicted molar refractivity (Wildman–Crippen MR) is 106 cm³/mol. The number of nitrogens with zero attached hydrogens (tertiary/aromatic N) is 2. The molecule has 0 radical (unpaired) electrons. The molecular formula is C18H12BrF4IN2O2. The van der Waals surface area contributed by atoms with Gasteiger partial charge in [-0.05, 0) is 47.1 Å². The lowest BCUT2D eigenvalue weighted by atomic mass is 10.2. The highest BCUT2D eigenvalue weighted by atomic mass is 127. The average molecular weight is 571 g/mol. The third-order valence-corrected chi connectivity index (χ3v) is 5.97. The van der Waals surface area contributed by atoms with Gasteiger partial charge in [-0.1, -0.05) is 6.07 Å². The first-order chi connectivity index (χ1) is 13.2. The maximum Gasteiger partial charge on any atom is 0.272 e. The van der Waals surface area contributed by atoms with Gasteiger partial charge in [0.05, 0.1) is 22.9 Å². The number of anilines is 1. The predicted octanol–water partition coefficient (Wildman–Crippen LogP) is 5.37. The van der Waals surface area contributed by atoms with Gasteiger partial charge in [0.25, 0.3) is 5.91 Å². The standard InChI is InChI=1S/C18H12BrF4IN2O2/c1-9-25(16-12(21)3-2-4-13(16)22)17(27)15(19)18(26(9)24)28-8-10-5-6-11(20)7-14(10)23/h2-7,9H,8H2,1H3. The first-order valence-electron chi connectivity index (χ1n) is 7.91. The van der Waals surface area contributed by atoms with Crippen molar-refractivity contribution in [2.75, 3.05) is 4.90 Å². The Balaban J connectivity index is 1.92. The number of amides is 1. The van der Waals surface area contributed by atoms with Crippen LogP contribution in [0.1, 0.15) is 12.5 Å². The summed E-state index contributed by atoms with van der Waals surface area (Å²) in [6.07, 6.45) is -0.811. The van der Waals surface area contributed by atoms with E-state index >= 15 is 0 Å². The monoisotopic (exact) mass is 570 g/mol. The zero-order chi connectivity index (χ0) is 20.6. The van der Waals surface area contributed by atoms with Crippen molar-refractivity contribution in [3.63, 3.8) is 0 Å². The van der Waals surface area contributed by atoms with Crippen LogP contribution in [0.2, 0.25) is 0 Å². The van der Waals surface area contributed by atoms with Gasteiger partial charge in [0.1, 0.15) is 46.2 Å². The fourth-order valence-corrected chi connectivity index (χ4v) is 4.11. The topological polar surface area (TPSA) is 32.8 Å². The molecule has 0 saturated heterocycles. The summed E-state index contributed by atoms with van der Waals surface area (Å²) in [5.41, 5.74) is -0.399. The summed E-state index contributed by atoms with van der Waals surface area (Å²) >= 11 is 4.92. The smallest absolute Gasteiger partial charge is 0.272 e. The number of carbonyl (C=O) groups is 1. The first kappa shape index (κ1) is 20.9. The zero-order valence-corrected chi connectivity index (χ0v) is 18.0. The van der Waals surface area contributed by atoms with Gasteiger partial charge in [0, 0.05) is 11.6 Å². The summed E-state index contributed by atoms with van der Waals surface area (Å²) in [5.74, 6) is -3.96. The summed E-state index contributed by atoms with van der Waals surface area (Å²) in [5, 5.41) is 0. The SMILES string of the molecule is CC1N(I)C(OCc2ccc(F)cc2F)=C(Br)C(=O)N1c1c(F)cccc1F. The Labute approximate surface area is 180 Å². The minimum absolute atomic E-state index is 0.0508. The lowest BCUT2D eigenvalue weighted by Gasteiger charge is -2.40. The Morgan fingerprint density at radius 1 is 1.11 bits per heavy atom. The van der Waals surface area contributed by atoms with Crippen molar-refractivity contribution in [2.45, 2.75) is 19.7 Å². The van der Waals surface area contributed by atoms with E-state index in [4.69, 9.17) is 4.74 Å². The fraction of sp³-hybridized carbons (Fsp3) is 0.167. The maximum absolute atomic E-state index is 14.2. The molecule has 2 aromatic carbocycles. The first-order valence-corrected chi connectivity index (χ1v) is 9.67. The Bertz CT molecular complexity index is 952. The molecular weight excluding hydrogens is 559 g/mol. The molecule has 0 saturated carbocycles. The molecule has 148 valence electrons. The van der Waals surface area contributed by atoms with Gasteiger partial charge in [-0.25, -0.2) is 17.6 Å². The van der Waals surface area contributed by atoms with Crippen LogP contribution in [0.3, 0.4) is 0 Å². The van der Waals surface area contributed by atoms with Crippen LogP contribution in [0, 0.1) is 23.3 Å². The van der Waals surface area contributed by atoms with E-state index in [-0.39, 0.29) is 22.5 Å². The number of ether oxygens (including phenoxy) is 1. The van der Waals surface area contributed by atoms with E-state index in [1.807, 2.05) is 22.9 Å². The van der Waals surface area contributed by atoms with Crippen molar-refractivity contribution < 1.29 is 27.1 Å². The number of carbonyl (C=O) groups excluding carboxylic acids is 1. The molecule has 0 spiro atoms. The van der Waals surface area contributed by atoms with Crippen LogP contribution in [0.4, 0.5) is 23.2 Å². The van der Waals surface area contributed by atoms with Gasteiger partial charge in [0.2, 0.25) is 5.88 Å². The van der Waals surface area contributed by atoms with Gasteiger partial charge in [-0.2, -0.15) is 0 Å². The van der Waals surface area contributed by atoms with Crippen molar-refractivity contribution in [2.24, 2.45) is 0 Å². The van der Waals surface area contributed by atoms with Crippen molar-refractivity contribution >= 4 is 50.4 Å². The van der Waals surface area contributed by atoms with E-state index in [1.54, 1.807) is 6.92 Å². The number of para-hydroxylation sites is 1. The Morgan fingerprint density at radius 3 is 2.36 bits per heavy atom. The molecule has 28 heavy (non-hydrogen) atoms. The summed E-state index contributed by atoms with van der Waals surface area (Å²) in [4.78, 5) is 13.7. The molecule has 0 aliphatic carbocycles. The summed E-state index contributed by atoms with van der Waals surface area (Å²) in [6, 6.07) is 6.34. The van der Waals surface area contributed by atoms with Crippen molar-refractivity contribution in [1.29, 1.82) is 0 Å². The highest BCUT2D eigenvalue weighted by Crippen LogP contribution is 2.37. The zero-order valence-electron chi connectivity index (χ0n) is 14.2. The highest BCUT2D eigenvalue weighted by Gasteiger charge is 2.40. The van der Waals surface area contributed by atoms with Gasteiger partial charge < -0.3 is 4.74 Å². The summed E-state index contributed by atoms with van der Waals surface area (Å²) in [6.45, 7) is 1.28. The highest BCUT2D eigenvalue weighted by molar-refractivity contribution is 14.1. The van der Waals surface area contributed by atoms with Gasteiger partial charge in [-0.3, -0.25) is 12.8 Å². The Kier molecular flexibility index (Phi) is 6.18. The molecule has 0 fully saturated rings. The van der Waals surface area contributed by atoms with E-state index in [0.29, 0.717) is 0 Å². The molecule has 10 heteroatoms. The van der Waals surface area contributed by atoms with Crippen molar-refractivity contribution in [3.05, 3.63) is 75.6 Å². The quantitative estimate of drug-likeness (QED) is 0.282. The van der Waals surface area contributed by atoms with Crippen LogP contribution in [0.25, 0.3) is 0 Å². The van der Waals surface area contributed by atoms with Crippen molar-refractivity contribution in [3.8, 4) is 0 Å². The molecule has 1 aliphatic heterocycles. The third kappa shape index (κ3) is 3.84. The lowest BCUT2D eigenvalue weighted by molar-refractivity contribution is -0.116. The number of hydrogen-bond donors (Lipinski definition) is 0. The molecule has 3 rings (SSSR count). The Hall–Kier alpha value is -1.82. The van der Waals surface area contributed by atoms with Crippen LogP contribution in [0.5, 0.6) is 0 Å². The molecule has 1 atom stereocenters. The lowest BCUT2D eigenvalue weighted by Crippen LogP contribution is -2.51. The van der Waals surface area contributed by atoms with Crippen LogP contribution >= 0.6 is 38.8 Å². The second kappa shape index (κ2) is 8.27. The van der Waals surface area contributed by atoms with Gasteiger partial charge in [0.15, 0.2) is 0 Å². The van der Waals surface area contributed by atoms with E-state index < -0.39 is 41.0 Å². The summed E-state index contributed by atoms with van der Waals surface area (Å²) in [7, 11) is 0. The van der Waals surface area contributed by atoms with E-state index in [1.165, 1.54) is 15.2 Å². The van der Waals surface area contributed by atoms with Crippen molar-refractivity contribution in [1.82, 2.24) is 3.11 Å². The molecule has 1 amide bonds. The maximum atomic E-state index is 14.2. The molecule has 0 N–H and O–H groups in total. The Morgan fingerprint density at radius 2 is 1.75 bits per heavy atom. The molecule has 1 aliphatic rings. The van der Waals surface area contributed by atoms with Crippen LogP contribution in [-0.2, 0) is 16.1 Å². The fourth-order valence-electron chi connectivity index (χ4n) is 2.65. The van der Waals surface area contributed by atoms with Gasteiger partial charge >= 0.3 is 0 Å². The third-order valence-electron chi connectivity index (χ3n) is 4.05. The van der Waals surface area contributed by atoms with E-state index in [0.717, 1.165) is 29.2 Å². The van der Waals surface area contributed by atoms with Crippen LogP contribution in [-0.4, -0.2) is 15.2 Å². The number of benzene rings is 2. The summed E-state index contributed by atoms with van der Waals surface area (Å²) < 4.78 is 62.1. The number of halogens is 6. The van der Waals surface area contributed by atoms with Crippen LogP contribution in [0.15, 0.2) is 46.8 Å². The molecule has 2 aromatic rings. The molecule has 1 heterocycles. The molecule has 4 nitrogen and oxygen atoms in total. The second-order valence-corrected chi connectivity index (χ2v) is 7.66. The van der Waals surface area contributed by atoms with E-state index in [2.05, 4.69) is 15.9 Å². The molecule has 0 bridgehead atoms. The molecule has 1 unspecified atom stereocenters. The largest absolute Gasteiger partial charge is 0.473 e.